The summed E-state index contributed by atoms with van der Waals surface area (Å²) in [5, 5.41) is 4.37. The van der Waals surface area contributed by atoms with Crippen molar-refractivity contribution in [1.29, 1.82) is 0 Å². The number of para-hydroxylation sites is 1. The molecule has 134 valence electrons. The summed E-state index contributed by atoms with van der Waals surface area (Å²) in [5.74, 6) is -0.318. The van der Waals surface area contributed by atoms with Gasteiger partial charge in [-0.15, -0.1) is 0 Å². The molecule has 2 aromatic carbocycles. The maximum Gasteiger partial charge on any atom is 0.286 e. The molecule has 0 fully saturated rings. The predicted octanol–water partition coefficient (Wildman–Crippen LogP) is 5.33. The fraction of sp³-hybridized carbons (Fsp3) is 0.0526. The summed E-state index contributed by atoms with van der Waals surface area (Å²) in [6, 6.07) is 10.8. The third-order valence-electron chi connectivity index (χ3n) is 3.80. The summed E-state index contributed by atoms with van der Waals surface area (Å²) in [7, 11) is 0. The molecular formula is C19H12Cl2N4OS. The number of aryl methyl sites for hydroxylation is 1. The van der Waals surface area contributed by atoms with Crippen LogP contribution in [0.2, 0.25) is 10.0 Å². The molecule has 1 aliphatic heterocycles. The number of anilines is 1. The summed E-state index contributed by atoms with van der Waals surface area (Å²) in [6.45, 7) is 1.89. The Balaban J connectivity index is 1.59. The molecule has 1 amide bonds. The van der Waals surface area contributed by atoms with Crippen molar-refractivity contribution < 1.29 is 4.79 Å². The molecule has 1 aromatic heterocycles. The highest BCUT2D eigenvalue weighted by Crippen LogP contribution is 2.34. The number of rotatable bonds is 2. The second-order valence-corrected chi connectivity index (χ2v) is 7.66. The van der Waals surface area contributed by atoms with Crippen LogP contribution in [0.15, 0.2) is 52.5 Å². The maximum atomic E-state index is 12.3. The molecule has 1 N–H and O–H groups in total. The highest BCUT2D eigenvalue weighted by molar-refractivity contribution is 8.18. The van der Waals surface area contributed by atoms with E-state index in [-0.39, 0.29) is 5.91 Å². The Labute approximate surface area is 169 Å². The Bertz CT molecular complexity index is 1120. The number of benzene rings is 2. The smallest absolute Gasteiger partial charge is 0.286 e. The molecule has 0 bridgehead atoms. The number of fused-ring (bicyclic) bond motifs is 1. The van der Waals surface area contributed by atoms with Crippen molar-refractivity contribution in [3.05, 3.63) is 68.8 Å². The van der Waals surface area contributed by atoms with Gasteiger partial charge in [0.25, 0.3) is 5.91 Å². The van der Waals surface area contributed by atoms with Gasteiger partial charge in [-0.3, -0.25) is 9.78 Å². The fourth-order valence-electron chi connectivity index (χ4n) is 2.55. The maximum absolute atomic E-state index is 12.3. The summed E-state index contributed by atoms with van der Waals surface area (Å²) in [5.41, 5.74) is 3.80. The van der Waals surface area contributed by atoms with Crippen LogP contribution in [0.5, 0.6) is 0 Å². The number of carbonyl (C=O) groups excluding carboxylic acids is 1. The summed E-state index contributed by atoms with van der Waals surface area (Å²) >= 11 is 13.5. The number of aromatic nitrogens is 2. The zero-order valence-corrected chi connectivity index (χ0v) is 16.4. The summed E-state index contributed by atoms with van der Waals surface area (Å²) in [6.07, 6.45) is 3.51. The van der Waals surface area contributed by atoms with Crippen molar-refractivity contribution in [2.75, 3.05) is 5.32 Å². The van der Waals surface area contributed by atoms with E-state index in [1.54, 1.807) is 30.5 Å². The van der Waals surface area contributed by atoms with E-state index < -0.39 is 0 Å². The van der Waals surface area contributed by atoms with Gasteiger partial charge in [0.2, 0.25) is 0 Å². The number of halogens is 2. The third-order valence-corrected chi connectivity index (χ3v) is 5.33. The van der Waals surface area contributed by atoms with E-state index >= 15 is 0 Å². The van der Waals surface area contributed by atoms with E-state index in [2.05, 4.69) is 20.3 Å². The molecule has 4 rings (SSSR count). The van der Waals surface area contributed by atoms with Gasteiger partial charge in [-0.25, -0.2) is 4.98 Å². The van der Waals surface area contributed by atoms with Crippen LogP contribution in [-0.4, -0.2) is 21.0 Å². The molecule has 0 spiro atoms. The molecule has 2 heterocycles. The first-order valence-corrected chi connectivity index (χ1v) is 9.54. The minimum atomic E-state index is -0.318. The standard InChI is InChI=1S/C19H12Cl2N4OS/c1-10-9-22-14-6-5-11(7-15(14)23-10)8-16-18(26)25-19(27-16)24-17-12(20)3-2-4-13(17)21/h2-9H,1H3,(H,24,25,26)/b16-8-. The first kappa shape index (κ1) is 18.0. The lowest BCUT2D eigenvalue weighted by Gasteiger charge is -2.08. The average Bonchev–Trinajstić information content (AvgIpc) is 2.97. The van der Waals surface area contributed by atoms with Gasteiger partial charge in [0, 0.05) is 6.20 Å². The van der Waals surface area contributed by atoms with E-state index in [9.17, 15) is 4.79 Å². The highest BCUT2D eigenvalue weighted by atomic mass is 35.5. The molecule has 0 radical (unpaired) electrons. The van der Waals surface area contributed by atoms with Gasteiger partial charge in [0.15, 0.2) is 5.17 Å². The zero-order chi connectivity index (χ0) is 19.0. The molecule has 0 unspecified atom stereocenters. The van der Waals surface area contributed by atoms with Crippen LogP contribution in [0.3, 0.4) is 0 Å². The first-order valence-electron chi connectivity index (χ1n) is 7.96. The Morgan fingerprint density at radius 2 is 1.89 bits per heavy atom. The average molecular weight is 415 g/mol. The number of thioether (sulfide) groups is 1. The van der Waals surface area contributed by atoms with E-state index in [1.807, 2.05) is 25.1 Å². The number of hydrogen-bond donors (Lipinski definition) is 1. The number of amidine groups is 1. The minimum Gasteiger partial charge on any atom is -0.332 e. The van der Waals surface area contributed by atoms with Gasteiger partial charge in [0.1, 0.15) is 0 Å². The molecule has 5 nitrogen and oxygen atoms in total. The molecule has 0 atom stereocenters. The lowest BCUT2D eigenvalue weighted by Crippen LogP contribution is -2.05. The van der Waals surface area contributed by atoms with E-state index in [1.165, 1.54) is 11.8 Å². The van der Waals surface area contributed by atoms with Gasteiger partial charge in [0.05, 0.1) is 37.4 Å². The summed E-state index contributed by atoms with van der Waals surface area (Å²) in [4.78, 5) is 25.6. The number of nitrogens with one attached hydrogen (secondary N) is 1. The second kappa shape index (κ2) is 7.31. The Kier molecular flexibility index (Phi) is 4.86. The normalized spacial score (nSPS) is 15.4. The van der Waals surface area contributed by atoms with E-state index in [4.69, 9.17) is 23.2 Å². The molecule has 1 aliphatic rings. The van der Waals surface area contributed by atoms with Gasteiger partial charge >= 0.3 is 0 Å². The fourth-order valence-corrected chi connectivity index (χ4v) is 3.86. The van der Waals surface area contributed by atoms with Gasteiger partial charge in [-0.2, -0.15) is 4.99 Å². The van der Waals surface area contributed by atoms with Gasteiger partial charge in [-0.1, -0.05) is 35.3 Å². The lowest BCUT2D eigenvalue weighted by molar-refractivity contribution is -0.113. The van der Waals surface area contributed by atoms with Crippen molar-refractivity contribution in [2.24, 2.45) is 4.99 Å². The monoisotopic (exact) mass is 414 g/mol. The number of carbonyl (C=O) groups is 1. The summed E-state index contributed by atoms with van der Waals surface area (Å²) < 4.78 is 0. The number of amides is 1. The molecule has 27 heavy (non-hydrogen) atoms. The SMILES string of the molecule is Cc1cnc2ccc(/C=C3\SC(Nc4c(Cl)cccc4Cl)=NC3=O)cc2n1. The molecule has 3 aromatic rings. The minimum absolute atomic E-state index is 0.318. The van der Waals surface area contributed by atoms with Crippen LogP contribution >= 0.6 is 35.0 Å². The molecule has 0 aliphatic carbocycles. The third kappa shape index (κ3) is 3.83. The molecule has 8 heteroatoms. The van der Waals surface area contributed by atoms with Crippen LogP contribution in [0.1, 0.15) is 11.3 Å². The van der Waals surface area contributed by atoms with Crippen molar-refractivity contribution >= 4 is 68.8 Å². The first-order chi connectivity index (χ1) is 13.0. The van der Waals surface area contributed by atoms with E-state index in [0.717, 1.165) is 22.3 Å². The van der Waals surface area contributed by atoms with Crippen molar-refractivity contribution in [1.82, 2.24) is 9.97 Å². The highest BCUT2D eigenvalue weighted by Gasteiger charge is 2.23. The number of nitrogens with zero attached hydrogens (tertiary/aromatic N) is 3. The van der Waals surface area contributed by atoms with Crippen LogP contribution in [-0.2, 0) is 4.79 Å². The van der Waals surface area contributed by atoms with Gasteiger partial charge in [-0.05, 0) is 54.6 Å². The largest absolute Gasteiger partial charge is 0.332 e. The topological polar surface area (TPSA) is 67.2 Å². The quantitative estimate of drug-likeness (QED) is 0.574. The van der Waals surface area contributed by atoms with Crippen LogP contribution in [0.4, 0.5) is 5.69 Å². The van der Waals surface area contributed by atoms with Crippen LogP contribution < -0.4 is 5.32 Å². The predicted molar refractivity (Wildman–Crippen MR) is 112 cm³/mol. The van der Waals surface area contributed by atoms with Crippen LogP contribution in [0, 0.1) is 6.92 Å². The molecule has 0 saturated carbocycles. The number of hydrogen-bond acceptors (Lipinski definition) is 5. The van der Waals surface area contributed by atoms with Crippen molar-refractivity contribution in [3.8, 4) is 0 Å². The van der Waals surface area contributed by atoms with Crippen LogP contribution in [0.25, 0.3) is 17.1 Å². The Morgan fingerprint density at radius 3 is 2.67 bits per heavy atom. The molecule has 0 saturated heterocycles. The Hall–Kier alpha value is -2.41. The Morgan fingerprint density at radius 1 is 1.11 bits per heavy atom. The number of aliphatic imine (C=N–C) groups is 1. The van der Waals surface area contributed by atoms with E-state index in [0.29, 0.717) is 25.8 Å². The second-order valence-electron chi connectivity index (χ2n) is 5.81. The zero-order valence-electron chi connectivity index (χ0n) is 14.0. The lowest BCUT2D eigenvalue weighted by atomic mass is 10.1. The van der Waals surface area contributed by atoms with Crippen molar-refractivity contribution in [3.63, 3.8) is 0 Å². The van der Waals surface area contributed by atoms with Crippen molar-refractivity contribution in [2.45, 2.75) is 6.92 Å². The van der Waals surface area contributed by atoms with Gasteiger partial charge < -0.3 is 5.32 Å². The molecular weight excluding hydrogens is 403 g/mol.